The van der Waals surface area contributed by atoms with E-state index in [0.29, 0.717) is 43.5 Å². The van der Waals surface area contributed by atoms with Crippen molar-refractivity contribution >= 4 is 17.5 Å². The molecule has 2 aliphatic heterocycles. The van der Waals surface area contributed by atoms with Gasteiger partial charge in [0.15, 0.2) is 0 Å². The maximum Gasteiger partial charge on any atom is 0.272 e. The molecule has 1 aromatic heterocycles. The fourth-order valence-corrected chi connectivity index (χ4v) is 3.74. The average Bonchev–Trinajstić information content (AvgIpc) is 3.22. The molecule has 0 saturated carbocycles. The van der Waals surface area contributed by atoms with Crippen molar-refractivity contribution in [1.82, 2.24) is 14.9 Å². The zero-order valence-electron chi connectivity index (χ0n) is 15.6. The Balaban J connectivity index is 1.46. The summed E-state index contributed by atoms with van der Waals surface area (Å²) in [6, 6.07) is 8.53. The largest absolute Gasteiger partial charge is 0.366 e. The summed E-state index contributed by atoms with van der Waals surface area (Å²) in [5.41, 5.74) is 1.85. The lowest BCUT2D eigenvalue weighted by atomic mass is 10.2. The molecule has 4 rings (SSSR count). The lowest BCUT2D eigenvalue weighted by Gasteiger charge is -2.36. The van der Waals surface area contributed by atoms with E-state index in [-0.39, 0.29) is 11.7 Å². The lowest BCUT2D eigenvalue weighted by Crippen LogP contribution is -2.49. The van der Waals surface area contributed by atoms with Gasteiger partial charge in [-0.15, -0.1) is 0 Å². The molecular formula is C20H24FN5O. The molecule has 0 spiro atoms. The van der Waals surface area contributed by atoms with Crippen LogP contribution in [0.25, 0.3) is 0 Å². The number of piperazine rings is 1. The first-order valence-electron chi connectivity index (χ1n) is 9.51. The van der Waals surface area contributed by atoms with Gasteiger partial charge in [-0.25, -0.2) is 14.4 Å². The fourth-order valence-electron chi connectivity index (χ4n) is 3.74. The van der Waals surface area contributed by atoms with Gasteiger partial charge in [0.2, 0.25) is 5.95 Å². The summed E-state index contributed by atoms with van der Waals surface area (Å²) in [4.78, 5) is 27.9. The summed E-state index contributed by atoms with van der Waals surface area (Å²) >= 11 is 0. The number of aromatic nitrogens is 2. The SMILES string of the molecule is Cc1cc(C(=O)N2CCN(c3ccccc3F)CC2)nc(N2CCCC2)n1. The molecule has 0 unspecified atom stereocenters. The number of aryl methyl sites for hydroxylation is 1. The number of hydrogen-bond donors (Lipinski definition) is 0. The molecule has 0 aliphatic carbocycles. The van der Waals surface area contributed by atoms with Gasteiger partial charge in [-0.2, -0.15) is 0 Å². The van der Waals surface area contributed by atoms with Crippen molar-refractivity contribution in [2.45, 2.75) is 19.8 Å². The highest BCUT2D eigenvalue weighted by Gasteiger charge is 2.26. The Morgan fingerprint density at radius 1 is 0.963 bits per heavy atom. The van der Waals surface area contributed by atoms with E-state index in [9.17, 15) is 9.18 Å². The molecule has 0 bridgehead atoms. The molecule has 2 saturated heterocycles. The van der Waals surface area contributed by atoms with Crippen LogP contribution in [0.15, 0.2) is 30.3 Å². The summed E-state index contributed by atoms with van der Waals surface area (Å²) in [5, 5.41) is 0. The number of hydrogen-bond acceptors (Lipinski definition) is 5. The lowest BCUT2D eigenvalue weighted by molar-refractivity contribution is 0.0740. The van der Waals surface area contributed by atoms with Gasteiger partial charge in [0.05, 0.1) is 5.69 Å². The van der Waals surface area contributed by atoms with Crippen molar-refractivity contribution in [2.75, 3.05) is 49.1 Å². The molecule has 0 atom stereocenters. The second-order valence-electron chi connectivity index (χ2n) is 7.12. The number of nitrogens with zero attached hydrogens (tertiary/aromatic N) is 5. The molecule has 1 amide bonds. The number of carbonyl (C=O) groups is 1. The Bertz CT molecular complexity index is 829. The highest BCUT2D eigenvalue weighted by Crippen LogP contribution is 2.21. The normalized spacial score (nSPS) is 17.5. The topological polar surface area (TPSA) is 52.6 Å². The van der Waals surface area contributed by atoms with E-state index in [0.717, 1.165) is 31.6 Å². The van der Waals surface area contributed by atoms with Crippen LogP contribution in [0.5, 0.6) is 0 Å². The quantitative estimate of drug-likeness (QED) is 0.832. The smallest absolute Gasteiger partial charge is 0.272 e. The predicted octanol–water partition coefficient (Wildman–Crippen LogP) is 2.49. The third kappa shape index (κ3) is 3.72. The Kier molecular flexibility index (Phi) is 4.92. The van der Waals surface area contributed by atoms with Crippen LogP contribution < -0.4 is 9.80 Å². The van der Waals surface area contributed by atoms with E-state index >= 15 is 0 Å². The highest BCUT2D eigenvalue weighted by molar-refractivity contribution is 5.93. The molecule has 27 heavy (non-hydrogen) atoms. The summed E-state index contributed by atoms with van der Waals surface area (Å²) in [5.74, 6) is 0.355. The summed E-state index contributed by atoms with van der Waals surface area (Å²) in [7, 11) is 0. The predicted molar refractivity (Wildman–Crippen MR) is 103 cm³/mol. The first kappa shape index (κ1) is 17.7. The maximum absolute atomic E-state index is 14.0. The Hall–Kier alpha value is -2.70. The minimum atomic E-state index is -0.223. The van der Waals surface area contributed by atoms with Crippen LogP contribution in [0.4, 0.5) is 16.0 Å². The second-order valence-corrected chi connectivity index (χ2v) is 7.12. The van der Waals surface area contributed by atoms with E-state index in [2.05, 4.69) is 14.9 Å². The Morgan fingerprint density at radius 2 is 1.67 bits per heavy atom. The molecule has 2 fully saturated rings. The van der Waals surface area contributed by atoms with Crippen LogP contribution in [0.2, 0.25) is 0 Å². The standard InChI is InChI=1S/C20H24FN5O/c1-15-14-17(23-20(22-15)26-8-4-5-9-26)19(27)25-12-10-24(11-13-25)18-7-3-2-6-16(18)21/h2-3,6-7,14H,4-5,8-13H2,1H3. The third-order valence-electron chi connectivity index (χ3n) is 5.21. The number of amides is 1. The average molecular weight is 369 g/mol. The molecule has 3 heterocycles. The first-order chi connectivity index (χ1) is 13.1. The van der Waals surface area contributed by atoms with Crippen LogP contribution in [-0.2, 0) is 0 Å². The molecule has 6 nitrogen and oxygen atoms in total. The van der Waals surface area contributed by atoms with Gasteiger partial charge in [0.1, 0.15) is 11.5 Å². The number of anilines is 2. The summed E-state index contributed by atoms with van der Waals surface area (Å²) in [6.45, 7) is 6.10. The van der Waals surface area contributed by atoms with E-state index in [1.165, 1.54) is 6.07 Å². The minimum Gasteiger partial charge on any atom is -0.366 e. The third-order valence-corrected chi connectivity index (χ3v) is 5.21. The Morgan fingerprint density at radius 3 is 2.37 bits per heavy atom. The summed E-state index contributed by atoms with van der Waals surface area (Å²) < 4.78 is 14.0. The zero-order valence-corrected chi connectivity index (χ0v) is 15.6. The van der Waals surface area contributed by atoms with Gasteiger partial charge in [0, 0.05) is 45.0 Å². The molecule has 7 heteroatoms. The van der Waals surface area contributed by atoms with Gasteiger partial charge >= 0.3 is 0 Å². The van der Waals surface area contributed by atoms with Crippen molar-refractivity contribution in [2.24, 2.45) is 0 Å². The van der Waals surface area contributed by atoms with Crippen LogP contribution in [-0.4, -0.2) is 60.0 Å². The molecule has 1 aromatic carbocycles. The van der Waals surface area contributed by atoms with Crippen LogP contribution >= 0.6 is 0 Å². The number of halogens is 1. The molecule has 2 aromatic rings. The molecule has 142 valence electrons. The molecule has 2 aliphatic rings. The van der Waals surface area contributed by atoms with Crippen molar-refractivity contribution < 1.29 is 9.18 Å². The zero-order chi connectivity index (χ0) is 18.8. The molecule has 0 radical (unpaired) electrons. The highest BCUT2D eigenvalue weighted by atomic mass is 19.1. The van der Waals surface area contributed by atoms with E-state index < -0.39 is 0 Å². The van der Waals surface area contributed by atoms with Gasteiger partial charge < -0.3 is 14.7 Å². The van der Waals surface area contributed by atoms with Crippen molar-refractivity contribution in [3.05, 3.63) is 47.5 Å². The van der Waals surface area contributed by atoms with Gasteiger partial charge in [-0.05, 0) is 38.0 Å². The Labute approximate surface area is 158 Å². The van der Waals surface area contributed by atoms with Crippen molar-refractivity contribution in [3.63, 3.8) is 0 Å². The van der Waals surface area contributed by atoms with E-state index in [1.54, 1.807) is 23.1 Å². The van der Waals surface area contributed by atoms with E-state index in [1.807, 2.05) is 17.9 Å². The van der Waals surface area contributed by atoms with E-state index in [4.69, 9.17) is 0 Å². The fraction of sp³-hybridized carbons (Fsp3) is 0.450. The second kappa shape index (κ2) is 7.50. The minimum absolute atomic E-state index is 0.0749. The first-order valence-corrected chi connectivity index (χ1v) is 9.51. The molecule has 0 N–H and O–H groups in total. The number of para-hydroxylation sites is 1. The van der Waals surface area contributed by atoms with Gasteiger partial charge in [-0.3, -0.25) is 4.79 Å². The van der Waals surface area contributed by atoms with Gasteiger partial charge in [0.25, 0.3) is 5.91 Å². The van der Waals surface area contributed by atoms with Crippen LogP contribution in [0.3, 0.4) is 0 Å². The maximum atomic E-state index is 14.0. The summed E-state index contributed by atoms with van der Waals surface area (Å²) in [6.07, 6.45) is 2.27. The molecular weight excluding hydrogens is 345 g/mol. The van der Waals surface area contributed by atoms with Gasteiger partial charge in [-0.1, -0.05) is 12.1 Å². The number of benzene rings is 1. The van der Waals surface area contributed by atoms with Crippen molar-refractivity contribution in [3.8, 4) is 0 Å². The number of carbonyl (C=O) groups excluding carboxylic acids is 1. The number of rotatable bonds is 3. The van der Waals surface area contributed by atoms with Crippen molar-refractivity contribution in [1.29, 1.82) is 0 Å². The van der Waals surface area contributed by atoms with Crippen LogP contribution in [0.1, 0.15) is 29.0 Å². The monoisotopic (exact) mass is 369 g/mol. The van der Waals surface area contributed by atoms with Crippen LogP contribution in [0, 0.1) is 12.7 Å².